The fraction of sp³-hybridized carbons (Fsp3) is 0.0769. The van der Waals surface area contributed by atoms with Gasteiger partial charge < -0.3 is 11.1 Å². The minimum atomic E-state index is -0.294. The molecule has 1 amide bonds. The first kappa shape index (κ1) is 12.8. The number of benzene rings is 1. The Bertz CT molecular complexity index is 599. The molecule has 0 saturated heterocycles. The molecule has 3 N–H and O–H groups in total. The Kier molecular flexibility index (Phi) is 3.81. The molecule has 2 aromatic rings. The van der Waals surface area contributed by atoms with Crippen LogP contribution in [0.2, 0.25) is 0 Å². The van der Waals surface area contributed by atoms with E-state index in [0.717, 1.165) is 14.8 Å². The normalized spacial score (nSPS) is 10.1. The second-order valence-corrected chi connectivity index (χ2v) is 5.10. The van der Waals surface area contributed by atoms with Crippen molar-refractivity contribution in [3.8, 4) is 0 Å². The molecule has 1 aromatic heterocycles. The van der Waals surface area contributed by atoms with Crippen LogP contribution in [0.25, 0.3) is 0 Å². The number of halogens is 1. The molecule has 18 heavy (non-hydrogen) atoms. The quantitative estimate of drug-likeness (QED) is 0.816. The number of hydrogen-bond acceptors (Lipinski definition) is 3. The summed E-state index contributed by atoms with van der Waals surface area (Å²) in [5.74, 6) is -0.294. The summed E-state index contributed by atoms with van der Waals surface area (Å²) in [6.45, 7) is 1.94. The number of nitrogens with one attached hydrogen (secondary N) is 1. The highest BCUT2D eigenvalue weighted by atomic mass is 127. The molecule has 92 valence electrons. The number of nitrogen functional groups attached to an aromatic ring is 1. The van der Waals surface area contributed by atoms with Crippen LogP contribution in [0, 0.1) is 10.5 Å². The van der Waals surface area contributed by atoms with E-state index in [2.05, 4.69) is 32.9 Å². The lowest BCUT2D eigenvalue weighted by atomic mass is 10.2. The molecule has 0 unspecified atom stereocenters. The number of rotatable bonds is 2. The van der Waals surface area contributed by atoms with Gasteiger partial charge in [0, 0.05) is 15.5 Å². The molecule has 1 heterocycles. The van der Waals surface area contributed by atoms with Crippen LogP contribution in [-0.2, 0) is 0 Å². The summed E-state index contributed by atoms with van der Waals surface area (Å²) in [4.78, 5) is 16.0. The monoisotopic (exact) mass is 353 g/mol. The molecule has 0 atom stereocenters. The summed E-state index contributed by atoms with van der Waals surface area (Å²) in [7, 11) is 0. The number of pyridine rings is 1. The van der Waals surface area contributed by atoms with Gasteiger partial charge >= 0.3 is 0 Å². The maximum atomic E-state index is 12.0. The average Bonchev–Trinajstić information content (AvgIpc) is 2.33. The van der Waals surface area contributed by atoms with E-state index in [-0.39, 0.29) is 11.6 Å². The predicted molar refractivity (Wildman–Crippen MR) is 80.5 cm³/mol. The number of anilines is 2. The first-order valence-corrected chi connectivity index (χ1v) is 6.44. The minimum Gasteiger partial charge on any atom is -0.397 e. The van der Waals surface area contributed by atoms with Crippen molar-refractivity contribution in [2.24, 2.45) is 0 Å². The van der Waals surface area contributed by atoms with Crippen LogP contribution in [0.5, 0.6) is 0 Å². The molecule has 0 bridgehead atoms. The van der Waals surface area contributed by atoms with Gasteiger partial charge in [-0.25, -0.2) is 4.98 Å². The number of nitrogens with zero attached hydrogens (tertiary/aromatic N) is 1. The second kappa shape index (κ2) is 5.34. The number of carbonyl (C=O) groups is 1. The van der Waals surface area contributed by atoms with Gasteiger partial charge in [0.15, 0.2) is 5.69 Å². The Hall–Kier alpha value is -1.63. The third kappa shape index (κ3) is 2.79. The Morgan fingerprint density at radius 1 is 1.39 bits per heavy atom. The van der Waals surface area contributed by atoms with E-state index in [1.54, 1.807) is 18.3 Å². The van der Waals surface area contributed by atoms with E-state index in [1.807, 2.05) is 25.1 Å². The van der Waals surface area contributed by atoms with Crippen molar-refractivity contribution in [2.75, 3.05) is 11.1 Å². The third-order valence-corrected chi connectivity index (χ3v) is 3.16. The Morgan fingerprint density at radius 3 is 2.83 bits per heavy atom. The summed E-state index contributed by atoms with van der Waals surface area (Å²) >= 11 is 2.23. The molecule has 5 heteroatoms. The van der Waals surface area contributed by atoms with Crippen molar-refractivity contribution in [2.45, 2.75) is 6.92 Å². The zero-order chi connectivity index (χ0) is 13.1. The van der Waals surface area contributed by atoms with Gasteiger partial charge in [-0.3, -0.25) is 4.79 Å². The average molecular weight is 353 g/mol. The van der Waals surface area contributed by atoms with E-state index in [0.29, 0.717) is 5.69 Å². The molecule has 0 fully saturated rings. The number of carbonyl (C=O) groups excluding carboxylic acids is 1. The molecule has 0 aliphatic carbocycles. The van der Waals surface area contributed by atoms with Gasteiger partial charge in [0.2, 0.25) is 0 Å². The Morgan fingerprint density at radius 2 is 2.17 bits per heavy atom. The Balaban J connectivity index is 2.24. The largest absolute Gasteiger partial charge is 0.397 e. The van der Waals surface area contributed by atoms with Crippen molar-refractivity contribution >= 4 is 39.9 Å². The zero-order valence-corrected chi connectivity index (χ0v) is 11.9. The number of nitrogens with two attached hydrogens (primary N) is 1. The van der Waals surface area contributed by atoms with Crippen LogP contribution in [0.15, 0.2) is 36.5 Å². The third-order valence-electron chi connectivity index (χ3n) is 2.49. The number of hydrogen-bond donors (Lipinski definition) is 2. The van der Waals surface area contributed by atoms with Gasteiger partial charge in [-0.2, -0.15) is 0 Å². The molecular weight excluding hydrogens is 341 g/mol. The lowest BCUT2D eigenvalue weighted by Gasteiger charge is -2.09. The van der Waals surface area contributed by atoms with E-state index in [1.165, 1.54) is 0 Å². The van der Waals surface area contributed by atoms with E-state index >= 15 is 0 Å². The van der Waals surface area contributed by atoms with Crippen molar-refractivity contribution in [1.82, 2.24) is 4.98 Å². The molecule has 0 aliphatic heterocycles. The highest BCUT2D eigenvalue weighted by molar-refractivity contribution is 14.1. The van der Waals surface area contributed by atoms with Crippen LogP contribution in [0.4, 0.5) is 11.4 Å². The van der Waals surface area contributed by atoms with E-state index in [4.69, 9.17) is 5.73 Å². The lowest BCUT2D eigenvalue weighted by Crippen LogP contribution is -2.16. The fourth-order valence-corrected chi connectivity index (χ4v) is 2.20. The fourth-order valence-electron chi connectivity index (χ4n) is 1.56. The van der Waals surface area contributed by atoms with Crippen molar-refractivity contribution in [1.29, 1.82) is 0 Å². The van der Waals surface area contributed by atoms with Gasteiger partial charge in [0.05, 0.1) is 5.69 Å². The molecule has 0 spiro atoms. The summed E-state index contributed by atoms with van der Waals surface area (Å²) in [6, 6.07) is 9.15. The summed E-state index contributed by atoms with van der Waals surface area (Å²) in [5.41, 5.74) is 8.11. The zero-order valence-electron chi connectivity index (χ0n) is 9.77. The van der Waals surface area contributed by atoms with Gasteiger partial charge in [-0.15, -0.1) is 0 Å². The van der Waals surface area contributed by atoms with E-state index in [9.17, 15) is 4.79 Å². The van der Waals surface area contributed by atoms with Crippen LogP contribution in [0.3, 0.4) is 0 Å². The standard InChI is InChI=1S/C13H12IN3O/c1-8-7-9(14)4-5-11(8)17-13(18)12-10(15)3-2-6-16-12/h2-7H,15H2,1H3,(H,17,18). The highest BCUT2D eigenvalue weighted by Crippen LogP contribution is 2.19. The number of aromatic nitrogens is 1. The van der Waals surface area contributed by atoms with Crippen LogP contribution in [0.1, 0.15) is 16.1 Å². The molecule has 2 rings (SSSR count). The lowest BCUT2D eigenvalue weighted by molar-refractivity contribution is 0.102. The molecule has 0 aliphatic rings. The first-order chi connectivity index (χ1) is 8.58. The number of aryl methyl sites for hydroxylation is 1. The van der Waals surface area contributed by atoms with Crippen molar-refractivity contribution in [3.05, 3.63) is 51.4 Å². The maximum absolute atomic E-state index is 12.0. The predicted octanol–water partition coefficient (Wildman–Crippen LogP) is 2.83. The Labute approximate surface area is 119 Å². The maximum Gasteiger partial charge on any atom is 0.276 e. The summed E-state index contributed by atoms with van der Waals surface area (Å²) in [5, 5.41) is 2.81. The first-order valence-electron chi connectivity index (χ1n) is 5.36. The van der Waals surface area contributed by atoms with Crippen LogP contribution in [-0.4, -0.2) is 10.9 Å². The van der Waals surface area contributed by atoms with Crippen LogP contribution >= 0.6 is 22.6 Å². The van der Waals surface area contributed by atoms with E-state index < -0.39 is 0 Å². The number of amides is 1. The topological polar surface area (TPSA) is 68.0 Å². The molecule has 4 nitrogen and oxygen atoms in total. The van der Waals surface area contributed by atoms with Crippen molar-refractivity contribution in [3.63, 3.8) is 0 Å². The molecular formula is C13H12IN3O. The highest BCUT2D eigenvalue weighted by Gasteiger charge is 2.11. The smallest absolute Gasteiger partial charge is 0.276 e. The van der Waals surface area contributed by atoms with Gasteiger partial charge in [-0.05, 0) is 65.4 Å². The van der Waals surface area contributed by atoms with Gasteiger partial charge in [0.1, 0.15) is 0 Å². The van der Waals surface area contributed by atoms with Gasteiger partial charge in [0.25, 0.3) is 5.91 Å². The minimum absolute atomic E-state index is 0.246. The van der Waals surface area contributed by atoms with Crippen molar-refractivity contribution < 1.29 is 4.79 Å². The SMILES string of the molecule is Cc1cc(I)ccc1NC(=O)c1ncccc1N. The molecule has 1 aromatic carbocycles. The van der Waals surface area contributed by atoms with Crippen LogP contribution < -0.4 is 11.1 Å². The van der Waals surface area contributed by atoms with Gasteiger partial charge in [-0.1, -0.05) is 0 Å². The molecule has 0 radical (unpaired) electrons. The summed E-state index contributed by atoms with van der Waals surface area (Å²) < 4.78 is 1.13. The second-order valence-electron chi connectivity index (χ2n) is 3.85. The molecule has 0 saturated carbocycles. The summed E-state index contributed by atoms with van der Waals surface area (Å²) in [6.07, 6.45) is 1.55.